The molecule has 1 aliphatic rings. The smallest absolute Gasteiger partial charge is 0.320 e. The molecule has 80 valence electrons. The van der Waals surface area contributed by atoms with E-state index >= 15 is 0 Å². The lowest BCUT2D eigenvalue weighted by Crippen LogP contribution is -2.38. The van der Waals surface area contributed by atoms with Crippen molar-refractivity contribution in [2.24, 2.45) is 0 Å². The Bertz CT molecular complexity index is 358. The lowest BCUT2D eigenvalue weighted by Gasteiger charge is -2.23. The molecular weight excluding hydrogens is 206 g/mol. The second-order valence-corrected chi connectivity index (χ2v) is 5.28. The maximum Gasteiger partial charge on any atom is 0.320 e. The minimum Gasteiger partial charge on any atom is -0.480 e. The molecule has 0 amide bonds. The Morgan fingerprint density at radius 1 is 1.64 bits per heavy atom. The highest BCUT2D eigenvalue weighted by Crippen LogP contribution is 2.13. The third-order valence-corrected chi connectivity index (χ3v) is 3.83. The number of hydrogen-bond donors (Lipinski definition) is 1. The highest BCUT2D eigenvalue weighted by Gasteiger charge is 2.25. The molecule has 5 nitrogen and oxygen atoms in total. The highest BCUT2D eigenvalue weighted by molar-refractivity contribution is 7.89. The first kappa shape index (κ1) is 11.2. The number of aliphatic carboxylic acids is 1. The van der Waals surface area contributed by atoms with Crippen molar-refractivity contribution < 1.29 is 18.3 Å². The van der Waals surface area contributed by atoms with Crippen LogP contribution in [0.3, 0.4) is 0 Å². The van der Waals surface area contributed by atoms with Gasteiger partial charge < -0.3 is 5.11 Å². The van der Waals surface area contributed by atoms with Gasteiger partial charge in [0, 0.05) is 13.1 Å². The van der Waals surface area contributed by atoms with Gasteiger partial charge in [0.2, 0.25) is 10.0 Å². The maximum absolute atomic E-state index is 11.4. The first-order chi connectivity index (χ1) is 6.42. The number of nitrogens with zero attached hydrogens (tertiary/aromatic N) is 1. The summed E-state index contributed by atoms with van der Waals surface area (Å²) in [5.74, 6) is -2.13. The van der Waals surface area contributed by atoms with Crippen LogP contribution in [0.5, 0.6) is 0 Å². The zero-order valence-electron chi connectivity index (χ0n) is 7.93. The summed E-state index contributed by atoms with van der Waals surface area (Å²) in [5.41, 5.74) is 1.15. The van der Waals surface area contributed by atoms with Gasteiger partial charge in [0.05, 0.1) is 0 Å². The number of carboxylic acids is 1. The van der Waals surface area contributed by atoms with Gasteiger partial charge in [-0.1, -0.05) is 11.6 Å². The summed E-state index contributed by atoms with van der Waals surface area (Å²) in [5, 5.41) is 8.41. The van der Waals surface area contributed by atoms with E-state index in [4.69, 9.17) is 5.11 Å². The van der Waals surface area contributed by atoms with E-state index in [0.29, 0.717) is 19.5 Å². The monoisotopic (exact) mass is 219 g/mol. The van der Waals surface area contributed by atoms with Crippen LogP contribution in [-0.2, 0) is 14.8 Å². The SMILES string of the molecule is CC1=CCN(S(=O)(=O)CC(=O)O)CC1. The molecule has 1 N–H and O–H groups in total. The quantitative estimate of drug-likeness (QED) is 0.681. The minimum absolute atomic E-state index is 0.293. The molecule has 0 aromatic carbocycles. The third kappa shape index (κ3) is 2.81. The van der Waals surface area contributed by atoms with Crippen LogP contribution in [0.15, 0.2) is 11.6 Å². The highest BCUT2D eigenvalue weighted by atomic mass is 32.2. The van der Waals surface area contributed by atoms with Crippen molar-refractivity contribution >= 4 is 16.0 Å². The molecule has 1 heterocycles. The summed E-state index contributed by atoms with van der Waals surface area (Å²) in [4.78, 5) is 10.3. The Morgan fingerprint density at radius 2 is 2.29 bits per heavy atom. The molecule has 1 aliphatic heterocycles. The average Bonchev–Trinajstić information content (AvgIpc) is 2.02. The molecule has 14 heavy (non-hydrogen) atoms. The van der Waals surface area contributed by atoms with Gasteiger partial charge in [0.25, 0.3) is 0 Å². The molecule has 0 radical (unpaired) electrons. The average molecular weight is 219 g/mol. The second-order valence-electron chi connectivity index (χ2n) is 3.31. The minimum atomic E-state index is -3.62. The van der Waals surface area contributed by atoms with E-state index < -0.39 is 21.7 Å². The molecule has 0 bridgehead atoms. The van der Waals surface area contributed by atoms with Crippen LogP contribution < -0.4 is 0 Å². The van der Waals surface area contributed by atoms with E-state index in [9.17, 15) is 13.2 Å². The molecule has 0 fully saturated rings. The molecule has 1 rings (SSSR count). The zero-order valence-corrected chi connectivity index (χ0v) is 8.75. The first-order valence-corrected chi connectivity index (χ1v) is 5.88. The van der Waals surface area contributed by atoms with Crippen molar-refractivity contribution in [1.29, 1.82) is 0 Å². The molecule has 0 aromatic rings. The Labute approximate surface area is 83.1 Å². The first-order valence-electron chi connectivity index (χ1n) is 4.27. The Balaban J connectivity index is 2.71. The second kappa shape index (κ2) is 4.10. The van der Waals surface area contributed by atoms with Crippen LogP contribution in [0.4, 0.5) is 0 Å². The predicted molar refractivity (Wildman–Crippen MR) is 51.4 cm³/mol. The summed E-state index contributed by atoms with van der Waals surface area (Å²) in [6.07, 6.45) is 2.49. The summed E-state index contributed by atoms with van der Waals surface area (Å²) in [6.45, 7) is 2.61. The van der Waals surface area contributed by atoms with Crippen LogP contribution in [0, 0.1) is 0 Å². The normalized spacial score (nSPS) is 19.1. The third-order valence-electron chi connectivity index (χ3n) is 2.10. The van der Waals surface area contributed by atoms with Crippen molar-refractivity contribution in [1.82, 2.24) is 4.31 Å². The Morgan fingerprint density at radius 3 is 2.71 bits per heavy atom. The van der Waals surface area contributed by atoms with Crippen molar-refractivity contribution in [2.45, 2.75) is 13.3 Å². The summed E-state index contributed by atoms with van der Waals surface area (Å²) >= 11 is 0. The molecule has 0 spiro atoms. The molecule has 0 saturated heterocycles. The van der Waals surface area contributed by atoms with Gasteiger partial charge >= 0.3 is 5.97 Å². The van der Waals surface area contributed by atoms with Crippen molar-refractivity contribution in [3.63, 3.8) is 0 Å². The molecule has 0 atom stereocenters. The number of carboxylic acid groups (broad SMARTS) is 1. The summed E-state index contributed by atoms with van der Waals surface area (Å²) < 4.78 is 24.0. The predicted octanol–water partition coefficient (Wildman–Crippen LogP) is 0.0528. The van der Waals surface area contributed by atoms with Crippen molar-refractivity contribution in [3.8, 4) is 0 Å². The van der Waals surface area contributed by atoms with Gasteiger partial charge in [-0.2, -0.15) is 4.31 Å². The number of carbonyl (C=O) groups is 1. The molecule has 6 heteroatoms. The van der Waals surface area contributed by atoms with Crippen LogP contribution in [0.2, 0.25) is 0 Å². The molecule has 0 saturated carbocycles. The van der Waals surface area contributed by atoms with Crippen molar-refractivity contribution in [2.75, 3.05) is 18.8 Å². The van der Waals surface area contributed by atoms with Gasteiger partial charge in [-0.3, -0.25) is 4.79 Å². The van der Waals surface area contributed by atoms with Crippen LogP contribution in [-0.4, -0.2) is 42.6 Å². The van der Waals surface area contributed by atoms with Gasteiger partial charge in [-0.15, -0.1) is 0 Å². The standard InChI is InChI=1S/C8H13NO4S/c1-7-2-4-9(5-3-7)14(12,13)6-8(10)11/h2H,3-6H2,1H3,(H,10,11). The Kier molecular flexibility index (Phi) is 3.28. The zero-order chi connectivity index (χ0) is 10.8. The van der Waals surface area contributed by atoms with Gasteiger partial charge in [-0.25, -0.2) is 8.42 Å². The van der Waals surface area contributed by atoms with Crippen LogP contribution in [0.25, 0.3) is 0 Å². The topological polar surface area (TPSA) is 74.7 Å². The van der Waals surface area contributed by atoms with E-state index in [2.05, 4.69) is 0 Å². The fourth-order valence-corrected chi connectivity index (χ4v) is 2.42. The fraction of sp³-hybridized carbons (Fsp3) is 0.625. The molecule has 0 aliphatic carbocycles. The van der Waals surface area contributed by atoms with Gasteiger partial charge in [0.15, 0.2) is 5.75 Å². The van der Waals surface area contributed by atoms with Crippen LogP contribution >= 0.6 is 0 Å². The maximum atomic E-state index is 11.4. The molecule has 0 aromatic heterocycles. The Hall–Kier alpha value is -0.880. The summed E-state index contributed by atoms with van der Waals surface area (Å²) in [7, 11) is -3.62. The van der Waals surface area contributed by atoms with E-state index in [0.717, 1.165) is 5.57 Å². The fourth-order valence-electron chi connectivity index (χ4n) is 1.25. The van der Waals surface area contributed by atoms with E-state index in [1.807, 2.05) is 13.0 Å². The van der Waals surface area contributed by atoms with Gasteiger partial charge in [-0.05, 0) is 13.3 Å². The van der Waals surface area contributed by atoms with Crippen LogP contribution in [0.1, 0.15) is 13.3 Å². The number of rotatable bonds is 3. The van der Waals surface area contributed by atoms with Crippen molar-refractivity contribution in [3.05, 3.63) is 11.6 Å². The molecule has 0 unspecified atom stereocenters. The number of hydrogen-bond acceptors (Lipinski definition) is 3. The largest absolute Gasteiger partial charge is 0.480 e. The van der Waals surface area contributed by atoms with E-state index in [1.54, 1.807) is 0 Å². The molecular formula is C8H13NO4S. The van der Waals surface area contributed by atoms with E-state index in [1.165, 1.54) is 4.31 Å². The van der Waals surface area contributed by atoms with E-state index in [-0.39, 0.29) is 0 Å². The number of sulfonamides is 1. The lowest BCUT2D eigenvalue weighted by molar-refractivity contribution is -0.134. The van der Waals surface area contributed by atoms with Gasteiger partial charge in [0.1, 0.15) is 0 Å². The summed E-state index contributed by atoms with van der Waals surface area (Å²) in [6, 6.07) is 0. The lowest BCUT2D eigenvalue weighted by atomic mass is 10.1.